The summed E-state index contributed by atoms with van der Waals surface area (Å²) >= 11 is 0. The predicted octanol–water partition coefficient (Wildman–Crippen LogP) is 4.00. The molecule has 1 aromatic heterocycles. The van der Waals surface area contributed by atoms with Gasteiger partial charge >= 0.3 is 0 Å². The Hall–Kier alpha value is -3.46. The van der Waals surface area contributed by atoms with Gasteiger partial charge in [0.15, 0.2) is 0 Å². The van der Waals surface area contributed by atoms with Crippen molar-refractivity contribution in [3.8, 4) is 0 Å². The SMILES string of the molecule is O=C(c1ccc(NS(=O)(=O)c2cccc3cc(C4CCC4)cnc23)cc1)N1CCN(C(=O)C2CC2)CC1. The molecule has 9 heteroatoms. The van der Waals surface area contributed by atoms with Crippen molar-refractivity contribution >= 4 is 38.4 Å². The number of nitrogens with one attached hydrogen (secondary N) is 1. The Kier molecular flexibility index (Phi) is 6.10. The van der Waals surface area contributed by atoms with Gasteiger partial charge in [-0.3, -0.25) is 19.3 Å². The molecule has 2 heterocycles. The molecule has 8 nitrogen and oxygen atoms in total. The number of nitrogens with zero attached hydrogens (tertiary/aromatic N) is 3. The largest absolute Gasteiger partial charge is 0.339 e. The average molecular weight is 519 g/mol. The van der Waals surface area contributed by atoms with E-state index >= 15 is 0 Å². The number of rotatable bonds is 6. The molecule has 1 aliphatic heterocycles. The van der Waals surface area contributed by atoms with Gasteiger partial charge in [0, 0.05) is 54.9 Å². The number of para-hydroxylation sites is 1. The van der Waals surface area contributed by atoms with Crippen LogP contribution < -0.4 is 4.72 Å². The normalized spacial score (nSPS) is 18.5. The predicted molar refractivity (Wildman–Crippen MR) is 141 cm³/mol. The maximum atomic E-state index is 13.2. The van der Waals surface area contributed by atoms with Crippen LogP contribution in [0.1, 0.15) is 53.9 Å². The van der Waals surface area contributed by atoms with Crippen LogP contribution in [0.25, 0.3) is 10.9 Å². The van der Waals surface area contributed by atoms with Crippen LogP contribution in [0.4, 0.5) is 5.69 Å². The molecule has 0 unspecified atom stereocenters. The van der Waals surface area contributed by atoms with Gasteiger partial charge < -0.3 is 9.80 Å². The summed E-state index contributed by atoms with van der Waals surface area (Å²) in [6.07, 6.45) is 7.29. The zero-order valence-corrected chi connectivity index (χ0v) is 21.4. The average Bonchev–Trinajstić information content (AvgIpc) is 3.72. The molecule has 2 amide bonds. The third-order valence-electron chi connectivity index (χ3n) is 7.75. The van der Waals surface area contributed by atoms with Crippen LogP contribution in [-0.4, -0.2) is 61.2 Å². The van der Waals surface area contributed by atoms with E-state index in [0.717, 1.165) is 36.6 Å². The van der Waals surface area contributed by atoms with E-state index in [1.54, 1.807) is 47.5 Å². The zero-order chi connectivity index (χ0) is 25.6. The van der Waals surface area contributed by atoms with Crippen LogP contribution >= 0.6 is 0 Å². The maximum absolute atomic E-state index is 13.2. The minimum Gasteiger partial charge on any atom is -0.339 e. The highest BCUT2D eigenvalue weighted by Gasteiger charge is 2.35. The Morgan fingerprint density at radius 1 is 0.892 bits per heavy atom. The Balaban J connectivity index is 1.13. The summed E-state index contributed by atoms with van der Waals surface area (Å²) in [5.74, 6) is 0.802. The third kappa shape index (κ3) is 4.80. The second kappa shape index (κ2) is 9.45. The number of piperazine rings is 1. The maximum Gasteiger partial charge on any atom is 0.264 e. The molecule has 0 atom stereocenters. The van der Waals surface area contributed by atoms with Crippen LogP contribution in [0.5, 0.6) is 0 Å². The lowest BCUT2D eigenvalue weighted by Gasteiger charge is -2.35. The van der Waals surface area contributed by atoms with Gasteiger partial charge in [-0.25, -0.2) is 8.42 Å². The molecule has 1 saturated heterocycles. The Morgan fingerprint density at radius 3 is 2.24 bits per heavy atom. The molecule has 0 bridgehead atoms. The van der Waals surface area contributed by atoms with Gasteiger partial charge in [-0.1, -0.05) is 18.6 Å². The van der Waals surface area contributed by atoms with Gasteiger partial charge in [0.25, 0.3) is 15.9 Å². The van der Waals surface area contributed by atoms with E-state index in [4.69, 9.17) is 0 Å². The van der Waals surface area contributed by atoms with E-state index in [-0.39, 0.29) is 22.6 Å². The Bertz CT molecular complexity index is 1460. The summed E-state index contributed by atoms with van der Waals surface area (Å²) in [5.41, 5.74) is 2.47. The number of amides is 2. The fourth-order valence-corrected chi connectivity index (χ4v) is 6.36. The highest BCUT2D eigenvalue weighted by molar-refractivity contribution is 7.93. The molecule has 192 valence electrons. The van der Waals surface area contributed by atoms with Crippen LogP contribution in [0.2, 0.25) is 0 Å². The number of fused-ring (bicyclic) bond motifs is 1. The first-order chi connectivity index (χ1) is 17.9. The number of benzene rings is 2. The quantitative estimate of drug-likeness (QED) is 0.532. The minimum atomic E-state index is -3.88. The highest BCUT2D eigenvalue weighted by atomic mass is 32.2. The summed E-state index contributed by atoms with van der Waals surface area (Å²) in [6, 6.07) is 13.7. The Morgan fingerprint density at radius 2 is 1.59 bits per heavy atom. The van der Waals surface area contributed by atoms with Crippen LogP contribution in [0.3, 0.4) is 0 Å². The molecule has 1 N–H and O–H groups in total. The zero-order valence-electron chi connectivity index (χ0n) is 20.6. The molecule has 6 rings (SSSR count). The fourth-order valence-electron chi connectivity index (χ4n) is 5.12. The van der Waals surface area contributed by atoms with Gasteiger partial charge in [0.05, 0.1) is 5.52 Å². The summed E-state index contributed by atoms with van der Waals surface area (Å²) in [7, 11) is -3.88. The van der Waals surface area contributed by atoms with Gasteiger partial charge in [-0.15, -0.1) is 0 Å². The summed E-state index contributed by atoms with van der Waals surface area (Å²) in [6.45, 7) is 2.12. The molecule has 2 saturated carbocycles. The first-order valence-corrected chi connectivity index (χ1v) is 14.5. The molecule has 2 aromatic carbocycles. The lowest BCUT2D eigenvalue weighted by molar-refractivity contribution is -0.134. The first-order valence-electron chi connectivity index (χ1n) is 13.0. The van der Waals surface area contributed by atoms with Crippen molar-refractivity contribution in [3.63, 3.8) is 0 Å². The standard InChI is InChI=1S/C28H30N4O4S/c33-27(20-7-8-20)31-13-15-32(16-14-31)28(34)21-9-11-24(12-10-21)30-37(35,36)25-6-2-5-22-17-23(18-29-26(22)25)19-3-1-4-19/h2,5-6,9-12,17-20,30H,1,3-4,7-8,13-16H2. The molecule has 2 aliphatic carbocycles. The van der Waals surface area contributed by atoms with E-state index in [1.807, 2.05) is 17.0 Å². The number of pyridine rings is 1. The van der Waals surface area contributed by atoms with Crippen LogP contribution in [0, 0.1) is 5.92 Å². The summed E-state index contributed by atoms with van der Waals surface area (Å²) in [4.78, 5) is 33.5. The summed E-state index contributed by atoms with van der Waals surface area (Å²) < 4.78 is 29.1. The van der Waals surface area contributed by atoms with Crippen molar-refractivity contribution in [1.29, 1.82) is 0 Å². The lowest BCUT2D eigenvalue weighted by Crippen LogP contribution is -2.51. The van der Waals surface area contributed by atoms with Crippen molar-refractivity contribution in [1.82, 2.24) is 14.8 Å². The van der Waals surface area contributed by atoms with Gasteiger partial charge in [0.1, 0.15) is 4.90 Å². The number of sulfonamides is 1. The number of hydrogen-bond donors (Lipinski definition) is 1. The third-order valence-corrected chi connectivity index (χ3v) is 9.16. The molecule has 0 radical (unpaired) electrons. The molecule has 3 aromatic rings. The van der Waals surface area contributed by atoms with Gasteiger partial charge in [-0.2, -0.15) is 0 Å². The second-order valence-electron chi connectivity index (χ2n) is 10.3. The Labute approximate surface area is 216 Å². The van der Waals surface area contributed by atoms with Crippen molar-refractivity contribution in [2.24, 2.45) is 5.92 Å². The lowest BCUT2D eigenvalue weighted by atomic mass is 9.80. The van der Waals surface area contributed by atoms with Crippen molar-refractivity contribution < 1.29 is 18.0 Å². The number of anilines is 1. The molecule has 0 spiro atoms. The molecular weight excluding hydrogens is 488 g/mol. The summed E-state index contributed by atoms with van der Waals surface area (Å²) in [5, 5.41) is 0.812. The number of carbonyl (C=O) groups excluding carboxylic acids is 2. The van der Waals surface area contributed by atoms with E-state index in [9.17, 15) is 18.0 Å². The number of carbonyl (C=O) groups is 2. The van der Waals surface area contributed by atoms with E-state index in [1.165, 1.54) is 6.42 Å². The minimum absolute atomic E-state index is 0.117. The topological polar surface area (TPSA) is 99.7 Å². The van der Waals surface area contributed by atoms with Crippen molar-refractivity contribution in [2.45, 2.75) is 42.9 Å². The molecular formula is C28H30N4O4S. The first kappa shape index (κ1) is 23.9. The van der Waals surface area contributed by atoms with Gasteiger partial charge in [0.2, 0.25) is 5.91 Å². The molecule has 37 heavy (non-hydrogen) atoms. The second-order valence-corrected chi connectivity index (χ2v) is 11.9. The smallest absolute Gasteiger partial charge is 0.264 e. The highest BCUT2D eigenvalue weighted by Crippen LogP contribution is 2.37. The molecule has 3 fully saturated rings. The van der Waals surface area contributed by atoms with Crippen molar-refractivity contribution in [3.05, 3.63) is 65.9 Å². The van der Waals surface area contributed by atoms with E-state index < -0.39 is 10.0 Å². The van der Waals surface area contributed by atoms with Gasteiger partial charge in [-0.05, 0) is 73.6 Å². The van der Waals surface area contributed by atoms with Crippen LogP contribution in [0.15, 0.2) is 59.6 Å². The van der Waals surface area contributed by atoms with E-state index in [2.05, 4.69) is 9.71 Å². The van der Waals surface area contributed by atoms with Crippen molar-refractivity contribution in [2.75, 3.05) is 30.9 Å². The number of aromatic nitrogens is 1. The van der Waals surface area contributed by atoms with E-state index in [0.29, 0.717) is 48.9 Å². The fraction of sp³-hybridized carbons (Fsp3) is 0.393. The monoisotopic (exact) mass is 518 g/mol. The van der Waals surface area contributed by atoms with Crippen LogP contribution in [-0.2, 0) is 14.8 Å². The number of hydrogen-bond acceptors (Lipinski definition) is 5. The molecule has 3 aliphatic rings.